The molecule has 0 saturated carbocycles. The van der Waals surface area contributed by atoms with Crippen LogP contribution in [0, 0.1) is 0 Å². The summed E-state index contributed by atoms with van der Waals surface area (Å²) in [6.07, 6.45) is -1.19. The van der Waals surface area contributed by atoms with E-state index in [4.69, 9.17) is 4.74 Å². The normalized spacial score (nSPS) is 10.6. The van der Waals surface area contributed by atoms with Crippen LogP contribution in [0.5, 0.6) is 0 Å². The summed E-state index contributed by atoms with van der Waals surface area (Å²) in [7, 11) is 0. The van der Waals surface area contributed by atoms with Gasteiger partial charge in [0.15, 0.2) is 0 Å². The van der Waals surface area contributed by atoms with Crippen molar-refractivity contribution in [1.29, 1.82) is 0 Å². The molecule has 0 aliphatic heterocycles. The molecule has 7 heteroatoms. The maximum atomic E-state index is 12.0. The van der Waals surface area contributed by atoms with E-state index in [9.17, 15) is 24.6 Å². The summed E-state index contributed by atoms with van der Waals surface area (Å²) < 4.78 is 4.80. The second-order valence-electron chi connectivity index (χ2n) is 4.54. The number of hydrogen-bond acceptors (Lipinski definition) is 4. The Balaban J connectivity index is 2.34. The fourth-order valence-corrected chi connectivity index (χ4v) is 1.96. The second-order valence-corrected chi connectivity index (χ2v) is 4.54. The van der Waals surface area contributed by atoms with Gasteiger partial charge in [-0.1, -0.05) is 48.5 Å². The Hall–Kier alpha value is -3.35. The van der Waals surface area contributed by atoms with Gasteiger partial charge in [-0.15, -0.1) is 0 Å². The molecule has 2 aromatic rings. The van der Waals surface area contributed by atoms with Gasteiger partial charge in [-0.25, -0.2) is 14.4 Å². The molecule has 118 valence electrons. The number of hydrogen-bond donors (Lipinski definition) is 3. The predicted octanol–water partition coefficient (Wildman–Crippen LogP) is 2.30. The van der Waals surface area contributed by atoms with Crippen molar-refractivity contribution in [3.05, 3.63) is 66.2 Å². The van der Waals surface area contributed by atoms with Gasteiger partial charge >= 0.3 is 23.6 Å². The highest BCUT2D eigenvalue weighted by atomic mass is 16.6. The van der Waals surface area contributed by atoms with Crippen LogP contribution in [0.4, 0.5) is 10.5 Å². The van der Waals surface area contributed by atoms with E-state index in [2.05, 4.69) is 5.32 Å². The zero-order valence-corrected chi connectivity index (χ0v) is 11.8. The molecule has 0 aliphatic rings. The Labute approximate surface area is 131 Å². The summed E-state index contributed by atoms with van der Waals surface area (Å²) in [6.45, 7) is 0. The zero-order valence-electron chi connectivity index (χ0n) is 11.8. The Bertz CT molecular complexity index is 700. The smallest absolute Gasteiger partial charge is 0.413 e. The number of ether oxygens (including phenoxy) is 1. The molecule has 3 N–H and O–H groups in total. The first-order chi connectivity index (χ1) is 11.0. The fourth-order valence-electron chi connectivity index (χ4n) is 1.96. The van der Waals surface area contributed by atoms with Gasteiger partial charge in [-0.3, -0.25) is 5.32 Å². The number of para-hydroxylation sites is 1. The van der Waals surface area contributed by atoms with Gasteiger partial charge < -0.3 is 14.9 Å². The summed E-state index contributed by atoms with van der Waals surface area (Å²) in [5.41, 5.74) is -2.67. The number of benzene rings is 2. The van der Waals surface area contributed by atoms with Crippen LogP contribution in [0.1, 0.15) is 5.56 Å². The van der Waals surface area contributed by atoms with E-state index >= 15 is 0 Å². The van der Waals surface area contributed by atoms with Crippen LogP contribution in [0.25, 0.3) is 0 Å². The fraction of sp³-hybridized carbons (Fsp3) is 0.0625. The molecule has 0 fully saturated rings. The zero-order chi connectivity index (χ0) is 16.9. The molecule has 0 unspecified atom stereocenters. The Morgan fingerprint density at radius 2 is 1.30 bits per heavy atom. The molecule has 0 spiro atoms. The largest absolute Gasteiger partial charge is 0.478 e. The molecule has 0 aromatic heterocycles. The second kappa shape index (κ2) is 6.61. The molecular formula is C16H13NO6. The van der Waals surface area contributed by atoms with Gasteiger partial charge in [-0.2, -0.15) is 0 Å². The first-order valence-electron chi connectivity index (χ1n) is 6.54. The highest BCUT2D eigenvalue weighted by Crippen LogP contribution is 2.27. The topological polar surface area (TPSA) is 113 Å². The number of aliphatic carboxylic acids is 2. The highest BCUT2D eigenvalue weighted by Gasteiger charge is 2.53. The number of carboxylic acid groups (broad SMARTS) is 2. The number of carbonyl (C=O) groups excluding carboxylic acids is 1. The molecule has 0 atom stereocenters. The summed E-state index contributed by atoms with van der Waals surface area (Å²) in [4.78, 5) is 35.1. The van der Waals surface area contributed by atoms with Crippen LogP contribution >= 0.6 is 0 Å². The number of anilines is 1. The van der Waals surface area contributed by atoms with Crippen molar-refractivity contribution < 1.29 is 29.3 Å². The van der Waals surface area contributed by atoms with Crippen molar-refractivity contribution in [2.24, 2.45) is 0 Å². The molecule has 0 heterocycles. The van der Waals surface area contributed by atoms with Crippen molar-refractivity contribution in [1.82, 2.24) is 0 Å². The first kappa shape index (κ1) is 16.0. The molecule has 0 bridgehead atoms. The van der Waals surface area contributed by atoms with Crippen molar-refractivity contribution in [2.75, 3.05) is 5.32 Å². The third-order valence-corrected chi connectivity index (χ3v) is 3.05. The molecule has 0 saturated heterocycles. The standard InChI is InChI=1S/C16H13NO6/c18-13(19)16(14(20)21,11-7-3-1-4-8-11)23-15(22)17-12-9-5-2-6-10-12/h1-10H,(H,17,22)(H,18,19)(H,20,21). The van der Waals surface area contributed by atoms with Crippen LogP contribution in [-0.4, -0.2) is 28.2 Å². The minimum atomic E-state index is -2.83. The van der Waals surface area contributed by atoms with Crippen molar-refractivity contribution in [3.8, 4) is 0 Å². The third-order valence-electron chi connectivity index (χ3n) is 3.05. The number of rotatable bonds is 5. The average Bonchev–Trinajstić information content (AvgIpc) is 2.53. The Kier molecular flexibility index (Phi) is 4.61. The Morgan fingerprint density at radius 3 is 1.78 bits per heavy atom. The average molecular weight is 315 g/mol. The van der Waals surface area contributed by atoms with Crippen LogP contribution in [-0.2, 0) is 19.9 Å². The highest BCUT2D eigenvalue weighted by molar-refractivity contribution is 6.05. The van der Waals surface area contributed by atoms with Crippen molar-refractivity contribution >= 4 is 23.7 Å². The summed E-state index contributed by atoms with van der Waals surface area (Å²) >= 11 is 0. The van der Waals surface area contributed by atoms with E-state index < -0.39 is 23.6 Å². The molecule has 2 rings (SSSR count). The SMILES string of the molecule is O=C(Nc1ccccc1)OC(C(=O)O)(C(=O)O)c1ccccc1. The molecule has 7 nitrogen and oxygen atoms in total. The van der Waals surface area contributed by atoms with Crippen LogP contribution < -0.4 is 5.32 Å². The van der Waals surface area contributed by atoms with Gasteiger partial charge in [0.2, 0.25) is 0 Å². The summed E-state index contributed by atoms with van der Waals surface area (Å²) in [5.74, 6) is -3.61. The lowest BCUT2D eigenvalue weighted by Gasteiger charge is -2.25. The van der Waals surface area contributed by atoms with Gasteiger partial charge in [0.1, 0.15) is 0 Å². The van der Waals surface area contributed by atoms with Crippen LogP contribution in [0.3, 0.4) is 0 Å². The summed E-state index contributed by atoms with van der Waals surface area (Å²) in [6, 6.07) is 15.1. The van der Waals surface area contributed by atoms with E-state index in [1.165, 1.54) is 24.3 Å². The van der Waals surface area contributed by atoms with Gasteiger partial charge in [0.25, 0.3) is 0 Å². The number of carboxylic acids is 2. The van der Waals surface area contributed by atoms with Crippen LogP contribution in [0.15, 0.2) is 60.7 Å². The predicted molar refractivity (Wildman–Crippen MR) is 79.9 cm³/mol. The molecule has 1 amide bonds. The maximum absolute atomic E-state index is 12.0. The lowest BCUT2D eigenvalue weighted by atomic mass is 9.94. The van der Waals surface area contributed by atoms with E-state index in [1.807, 2.05) is 0 Å². The van der Waals surface area contributed by atoms with E-state index in [1.54, 1.807) is 36.4 Å². The van der Waals surface area contributed by atoms with Crippen molar-refractivity contribution in [2.45, 2.75) is 5.60 Å². The van der Waals surface area contributed by atoms with Gasteiger partial charge in [0.05, 0.1) is 0 Å². The van der Waals surface area contributed by atoms with Gasteiger partial charge in [-0.05, 0) is 12.1 Å². The monoisotopic (exact) mass is 315 g/mol. The minimum absolute atomic E-state index is 0.178. The molecule has 0 aliphatic carbocycles. The lowest BCUT2D eigenvalue weighted by Crippen LogP contribution is -2.48. The summed E-state index contributed by atoms with van der Waals surface area (Å²) in [5, 5.41) is 21.0. The van der Waals surface area contributed by atoms with E-state index in [-0.39, 0.29) is 5.56 Å². The lowest BCUT2D eigenvalue weighted by molar-refractivity contribution is -0.176. The molecular weight excluding hydrogens is 302 g/mol. The Morgan fingerprint density at radius 1 is 0.826 bits per heavy atom. The number of nitrogens with one attached hydrogen (secondary N) is 1. The van der Waals surface area contributed by atoms with Crippen LogP contribution in [0.2, 0.25) is 0 Å². The molecule has 0 radical (unpaired) electrons. The molecule has 2 aromatic carbocycles. The maximum Gasteiger partial charge on any atom is 0.413 e. The molecule has 23 heavy (non-hydrogen) atoms. The number of carbonyl (C=O) groups is 3. The van der Waals surface area contributed by atoms with Crippen molar-refractivity contribution in [3.63, 3.8) is 0 Å². The number of amides is 1. The minimum Gasteiger partial charge on any atom is -0.478 e. The first-order valence-corrected chi connectivity index (χ1v) is 6.54. The third kappa shape index (κ3) is 3.29. The van der Waals surface area contributed by atoms with Gasteiger partial charge in [0, 0.05) is 11.3 Å². The van der Waals surface area contributed by atoms with E-state index in [0.29, 0.717) is 5.69 Å². The van der Waals surface area contributed by atoms with E-state index in [0.717, 1.165) is 0 Å². The quantitative estimate of drug-likeness (QED) is 0.730.